The average Bonchev–Trinajstić information content (AvgIpc) is 3.65. The van der Waals surface area contributed by atoms with Crippen molar-refractivity contribution in [1.82, 2.24) is 0 Å². The van der Waals surface area contributed by atoms with Crippen LogP contribution in [0.15, 0.2) is 24.3 Å². The molecule has 0 nitrogen and oxygen atoms in total. The fourth-order valence-electron chi connectivity index (χ4n) is 7.14. The summed E-state index contributed by atoms with van der Waals surface area (Å²) in [6.45, 7) is 13.8. The Morgan fingerprint density at radius 3 is 1.38 bits per heavy atom. The number of hydrogen-bond acceptors (Lipinski definition) is 0. The van der Waals surface area contributed by atoms with E-state index in [-0.39, 0.29) is 17.1 Å². The van der Waals surface area contributed by atoms with Crippen molar-refractivity contribution in [1.29, 1.82) is 0 Å². The minimum Gasteiger partial charge on any atom is -0.210 e. The van der Waals surface area contributed by atoms with Crippen LogP contribution >= 0.6 is 0 Å². The summed E-state index contributed by atoms with van der Waals surface area (Å²) in [6, 6.07) is 10.0. The Balaban J connectivity index is 0.000000882. The zero-order chi connectivity index (χ0) is 33.5. The molecule has 2 aromatic rings. The normalized spacial score (nSPS) is 11.0. The molecule has 0 fully saturated rings. The number of rotatable bonds is 30. The Kier molecular flexibility index (Phi) is 33.1. The average molecular weight is 691 g/mol. The van der Waals surface area contributed by atoms with E-state index >= 15 is 0 Å². The number of aryl methyl sites for hydroxylation is 5. The van der Waals surface area contributed by atoms with Crippen molar-refractivity contribution in [3.05, 3.63) is 57.6 Å². The van der Waals surface area contributed by atoms with Crippen molar-refractivity contribution in [2.75, 3.05) is 0 Å². The maximum absolute atomic E-state index is 2.55. The van der Waals surface area contributed by atoms with Crippen LogP contribution in [0.25, 0.3) is 0 Å². The van der Waals surface area contributed by atoms with Crippen molar-refractivity contribution in [2.24, 2.45) is 0 Å². The van der Waals surface area contributed by atoms with Gasteiger partial charge in [-0.05, 0) is 0 Å². The molecular weight excluding hydrogens is 608 g/mol. The van der Waals surface area contributed by atoms with Crippen molar-refractivity contribution in [2.45, 2.75) is 234 Å². The molecule has 2 rings (SSSR count). The van der Waals surface area contributed by atoms with E-state index in [0.29, 0.717) is 0 Å². The quantitative estimate of drug-likeness (QED) is 0.0435. The summed E-state index contributed by atoms with van der Waals surface area (Å²) >= 11 is 0. The summed E-state index contributed by atoms with van der Waals surface area (Å²) in [5.41, 5.74) is 10.1. The topological polar surface area (TPSA) is 0 Å². The van der Waals surface area contributed by atoms with Gasteiger partial charge < -0.3 is 0 Å². The molecule has 0 aromatic heterocycles. The van der Waals surface area contributed by atoms with E-state index in [9.17, 15) is 0 Å². The Hall–Kier alpha value is -0.781. The molecule has 0 N–H and O–H groups in total. The molecule has 0 saturated heterocycles. The van der Waals surface area contributed by atoms with E-state index < -0.39 is 0 Å². The smallest absolute Gasteiger partial charge is 0.210 e. The maximum atomic E-state index is 2.55. The van der Waals surface area contributed by atoms with Crippen LogP contribution < -0.4 is 0 Å². The van der Waals surface area contributed by atoms with Gasteiger partial charge in [-0.2, -0.15) is 45.5 Å². The summed E-state index contributed by atoms with van der Waals surface area (Å²) in [5, 5.41) is 0. The van der Waals surface area contributed by atoms with Gasteiger partial charge in [0.05, 0.1) is 0 Å². The molecule has 0 aliphatic rings. The molecule has 0 heterocycles. The third-order valence-electron chi connectivity index (χ3n) is 10.2. The summed E-state index contributed by atoms with van der Waals surface area (Å²) in [4.78, 5) is 0. The van der Waals surface area contributed by atoms with Gasteiger partial charge in [-0.1, -0.05) is 234 Å². The zero-order valence-electron chi connectivity index (χ0n) is 32.9. The second kappa shape index (κ2) is 33.7. The van der Waals surface area contributed by atoms with Gasteiger partial charge in [0.2, 0.25) is 0 Å². The predicted molar refractivity (Wildman–Crippen MR) is 211 cm³/mol. The molecule has 0 saturated carbocycles. The number of unbranched alkanes of at least 4 members (excludes halogenated alkanes) is 18. The van der Waals surface area contributed by atoms with E-state index in [1.807, 2.05) is 0 Å². The third kappa shape index (κ3) is 23.3. The first-order valence-corrected chi connectivity index (χ1v) is 21.2. The Morgan fingerprint density at radius 2 is 0.872 bits per heavy atom. The summed E-state index contributed by atoms with van der Waals surface area (Å²) in [6.07, 6.45) is 41.1. The Morgan fingerprint density at radius 1 is 0.447 bits per heavy atom. The maximum Gasteiger partial charge on any atom is 2.00 e. The van der Waals surface area contributed by atoms with E-state index in [1.54, 1.807) is 33.4 Å². The molecule has 0 aliphatic carbocycles. The van der Waals surface area contributed by atoms with Crippen LogP contribution in [-0.4, -0.2) is 0 Å². The van der Waals surface area contributed by atoms with Gasteiger partial charge >= 0.3 is 17.1 Å². The van der Waals surface area contributed by atoms with Crippen LogP contribution in [0.4, 0.5) is 0 Å². The minimum atomic E-state index is 0. The zero-order valence-corrected chi connectivity index (χ0v) is 34.0. The first-order valence-electron chi connectivity index (χ1n) is 21.2. The van der Waals surface area contributed by atoms with Gasteiger partial charge in [0, 0.05) is 0 Å². The van der Waals surface area contributed by atoms with E-state index in [1.165, 1.54) is 193 Å². The van der Waals surface area contributed by atoms with Crippen LogP contribution in [0.5, 0.6) is 0 Å². The SMILES string of the molecule is CCCCCCc1cc(CCCCCC)c(CCCCCC)[cH-]1.CCCCCCc1cc[c-](CCCCCC)c1CCCCCC.[Fe+2]. The number of hydrogen-bond donors (Lipinski definition) is 0. The molecule has 47 heavy (non-hydrogen) atoms. The van der Waals surface area contributed by atoms with Crippen LogP contribution in [0.3, 0.4) is 0 Å². The predicted octanol–water partition coefficient (Wildman–Crippen LogP) is 15.5. The Labute approximate surface area is 307 Å². The second-order valence-electron chi connectivity index (χ2n) is 14.6. The van der Waals surface area contributed by atoms with Crippen LogP contribution in [0.1, 0.15) is 229 Å². The van der Waals surface area contributed by atoms with E-state index in [0.717, 1.165) is 0 Å². The van der Waals surface area contributed by atoms with Crippen molar-refractivity contribution in [3.8, 4) is 0 Å². The minimum absolute atomic E-state index is 0. The molecule has 1 heteroatoms. The standard InChI is InChI=1S/2C23H41.Fe/c1-4-7-10-13-16-21-19-22(17-14-11-8-5-2)23(20-21)18-15-12-9-6-3;1-4-7-10-13-16-21-19-20-22(17-14-11-8-5-2)23(21)18-15-12-9-6-3;/h2*19-20H,4-18H2,1-3H3;/q2*-1;+2. The molecular formula is C46H82Fe. The molecule has 0 radical (unpaired) electrons. The van der Waals surface area contributed by atoms with Gasteiger partial charge in [-0.3, -0.25) is 0 Å². The largest absolute Gasteiger partial charge is 2.00 e. The van der Waals surface area contributed by atoms with Crippen LogP contribution in [-0.2, 0) is 55.6 Å². The fourth-order valence-corrected chi connectivity index (χ4v) is 7.14. The first kappa shape index (κ1) is 46.2. The van der Waals surface area contributed by atoms with Crippen molar-refractivity contribution < 1.29 is 17.1 Å². The van der Waals surface area contributed by atoms with E-state index in [4.69, 9.17) is 0 Å². The molecule has 274 valence electrons. The third-order valence-corrected chi connectivity index (χ3v) is 10.2. The fraction of sp³-hybridized carbons (Fsp3) is 0.783. The molecule has 0 spiro atoms. The molecule has 0 unspecified atom stereocenters. The van der Waals surface area contributed by atoms with E-state index in [2.05, 4.69) is 65.8 Å². The van der Waals surface area contributed by atoms with Gasteiger partial charge in [-0.25, -0.2) is 12.1 Å². The molecule has 2 aromatic carbocycles. The Bertz CT molecular complexity index is 819. The summed E-state index contributed by atoms with van der Waals surface area (Å²) in [7, 11) is 0. The monoisotopic (exact) mass is 691 g/mol. The van der Waals surface area contributed by atoms with Crippen LogP contribution in [0.2, 0.25) is 0 Å². The van der Waals surface area contributed by atoms with Crippen molar-refractivity contribution in [3.63, 3.8) is 0 Å². The van der Waals surface area contributed by atoms with Gasteiger partial charge in [0.15, 0.2) is 0 Å². The van der Waals surface area contributed by atoms with Gasteiger partial charge in [-0.15, -0.1) is 0 Å². The molecule has 0 aliphatic heterocycles. The summed E-state index contributed by atoms with van der Waals surface area (Å²) in [5.74, 6) is 0. The second-order valence-corrected chi connectivity index (χ2v) is 14.6. The molecule has 0 amide bonds. The van der Waals surface area contributed by atoms with Crippen molar-refractivity contribution >= 4 is 0 Å². The summed E-state index contributed by atoms with van der Waals surface area (Å²) < 4.78 is 0. The first-order chi connectivity index (χ1) is 22.6. The van der Waals surface area contributed by atoms with Crippen LogP contribution in [0, 0.1) is 0 Å². The van der Waals surface area contributed by atoms with Gasteiger partial charge in [0.25, 0.3) is 0 Å². The molecule has 0 atom stereocenters. The van der Waals surface area contributed by atoms with Gasteiger partial charge in [0.1, 0.15) is 0 Å². The molecule has 0 bridgehead atoms.